The second kappa shape index (κ2) is 8.81. The Labute approximate surface area is 169 Å². The van der Waals surface area contributed by atoms with Gasteiger partial charge in [0, 0.05) is 17.8 Å². The Morgan fingerprint density at radius 2 is 1.81 bits per heavy atom. The highest BCUT2D eigenvalue weighted by atomic mass is 35.5. The number of benzene rings is 2. The van der Waals surface area contributed by atoms with E-state index >= 15 is 0 Å². The SMILES string of the molecule is CC(C)c1ccc(OC(C)c2nnc(SCc3cccc(Cl)c3)n2C)cc1. The van der Waals surface area contributed by atoms with E-state index in [1.165, 1.54) is 5.56 Å². The molecule has 0 radical (unpaired) electrons. The molecule has 27 heavy (non-hydrogen) atoms. The lowest BCUT2D eigenvalue weighted by molar-refractivity contribution is 0.211. The van der Waals surface area contributed by atoms with E-state index in [0.717, 1.165) is 33.1 Å². The molecule has 0 fully saturated rings. The Morgan fingerprint density at radius 3 is 2.48 bits per heavy atom. The van der Waals surface area contributed by atoms with Crippen molar-refractivity contribution in [2.75, 3.05) is 0 Å². The standard InChI is InChI=1S/C21H24ClN3OS/c1-14(2)17-8-10-19(11-9-17)26-15(3)20-23-24-21(25(20)4)27-13-16-6-5-7-18(22)12-16/h5-12,14-15H,13H2,1-4H3. The number of rotatable bonds is 7. The van der Waals surface area contributed by atoms with Crippen LogP contribution >= 0.6 is 23.4 Å². The molecule has 0 saturated carbocycles. The summed E-state index contributed by atoms with van der Waals surface area (Å²) in [6.45, 7) is 6.35. The summed E-state index contributed by atoms with van der Waals surface area (Å²) in [4.78, 5) is 0. The molecule has 3 rings (SSSR count). The first-order valence-corrected chi connectivity index (χ1v) is 10.3. The quantitative estimate of drug-likeness (QED) is 0.453. The minimum atomic E-state index is -0.187. The van der Waals surface area contributed by atoms with Gasteiger partial charge in [-0.3, -0.25) is 0 Å². The van der Waals surface area contributed by atoms with E-state index in [1.807, 2.05) is 48.9 Å². The van der Waals surface area contributed by atoms with E-state index in [4.69, 9.17) is 16.3 Å². The number of aromatic nitrogens is 3. The minimum absolute atomic E-state index is 0.187. The highest BCUT2D eigenvalue weighted by Gasteiger charge is 2.17. The molecule has 1 aromatic heterocycles. The Kier molecular flexibility index (Phi) is 6.45. The van der Waals surface area contributed by atoms with E-state index in [9.17, 15) is 0 Å². The van der Waals surface area contributed by atoms with Crippen LogP contribution in [0.3, 0.4) is 0 Å². The summed E-state index contributed by atoms with van der Waals surface area (Å²) in [5.74, 6) is 2.94. The first kappa shape index (κ1) is 19.8. The molecule has 6 heteroatoms. The molecule has 2 aromatic carbocycles. The lowest BCUT2D eigenvalue weighted by Crippen LogP contribution is -2.10. The van der Waals surface area contributed by atoms with Crippen LogP contribution in [0.5, 0.6) is 5.75 Å². The van der Waals surface area contributed by atoms with E-state index in [2.05, 4.69) is 42.2 Å². The molecule has 4 nitrogen and oxygen atoms in total. The molecule has 1 heterocycles. The molecule has 0 aliphatic rings. The number of ether oxygens (including phenoxy) is 1. The molecule has 0 N–H and O–H groups in total. The summed E-state index contributed by atoms with van der Waals surface area (Å²) in [7, 11) is 1.97. The lowest BCUT2D eigenvalue weighted by atomic mass is 10.0. The van der Waals surface area contributed by atoms with Crippen LogP contribution in [0.2, 0.25) is 5.02 Å². The van der Waals surface area contributed by atoms with Gasteiger partial charge in [-0.2, -0.15) is 0 Å². The number of nitrogens with zero attached hydrogens (tertiary/aromatic N) is 3. The summed E-state index contributed by atoms with van der Waals surface area (Å²) >= 11 is 7.68. The third-order valence-electron chi connectivity index (χ3n) is 4.35. The first-order valence-electron chi connectivity index (χ1n) is 8.97. The van der Waals surface area contributed by atoms with Gasteiger partial charge in [0.1, 0.15) is 5.75 Å². The molecule has 0 saturated heterocycles. The first-order chi connectivity index (χ1) is 12.9. The van der Waals surface area contributed by atoms with Gasteiger partial charge in [0.2, 0.25) is 0 Å². The van der Waals surface area contributed by atoms with Crippen molar-refractivity contribution in [1.29, 1.82) is 0 Å². The van der Waals surface area contributed by atoms with Gasteiger partial charge in [-0.15, -0.1) is 10.2 Å². The van der Waals surface area contributed by atoms with E-state index in [1.54, 1.807) is 11.8 Å². The zero-order valence-electron chi connectivity index (χ0n) is 16.0. The van der Waals surface area contributed by atoms with Gasteiger partial charge in [0.05, 0.1) is 0 Å². The molecule has 0 bridgehead atoms. The van der Waals surface area contributed by atoms with Crippen LogP contribution in [-0.4, -0.2) is 14.8 Å². The smallest absolute Gasteiger partial charge is 0.191 e. The topological polar surface area (TPSA) is 39.9 Å². The molecular formula is C21H24ClN3OS. The fourth-order valence-corrected chi connectivity index (χ4v) is 3.84. The molecular weight excluding hydrogens is 378 g/mol. The summed E-state index contributed by atoms with van der Waals surface area (Å²) < 4.78 is 8.05. The largest absolute Gasteiger partial charge is 0.483 e. The summed E-state index contributed by atoms with van der Waals surface area (Å²) in [5, 5.41) is 10.2. The predicted octanol–water partition coefficient (Wildman–Crippen LogP) is 6.02. The van der Waals surface area contributed by atoms with Crippen molar-refractivity contribution in [3.63, 3.8) is 0 Å². The van der Waals surface area contributed by atoms with Crippen LogP contribution in [0.4, 0.5) is 0 Å². The normalized spacial score (nSPS) is 12.4. The van der Waals surface area contributed by atoms with Gasteiger partial charge >= 0.3 is 0 Å². The number of thioether (sulfide) groups is 1. The molecule has 0 aliphatic carbocycles. The van der Waals surface area contributed by atoms with Crippen LogP contribution in [0, 0.1) is 0 Å². The van der Waals surface area contributed by atoms with Gasteiger partial charge < -0.3 is 9.30 Å². The van der Waals surface area contributed by atoms with Crippen LogP contribution < -0.4 is 4.74 Å². The highest BCUT2D eigenvalue weighted by Crippen LogP contribution is 2.27. The molecule has 1 atom stereocenters. The van der Waals surface area contributed by atoms with Crippen molar-refractivity contribution in [3.8, 4) is 5.75 Å². The minimum Gasteiger partial charge on any atom is -0.483 e. The Bertz CT molecular complexity index is 893. The maximum Gasteiger partial charge on any atom is 0.191 e. The van der Waals surface area contributed by atoms with Crippen molar-refractivity contribution in [1.82, 2.24) is 14.8 Å². The summed E-state index contributed by atoms with van der Waals surface area (Å²) in [5.41, 5.74) is 2.46. The van der Waals surface area contributed by atoms with Crippen molar-refractivity contribution in [2.45, 2.75) is 43.7 Å². The van der Waals surface area contributed by atoms with Gasteiger partial charge in [0.15, 0.2) is 17.1 Å². The zero-order valence-corrected chi connectivity index (χ0v) is 17.6. The predicted molar refractivity (Wildman–Crippen MR) is 112 cm³/mol. The highest BCUT2D eigenvalue weighted by molar-refractivity contribution is 7.98. The van der Waals surface area contributed by atoms with E-state index in [-0.39, 0.29) is 6.10 Å². The molecule has 142 valence electrons. The Hall–Kier alpha value is -1.98. The maximum absolute atomic E-state index is 6.06. The summed E-state index contributed by atoms with van der Waals surface area (Å²) in [6, 6.07) is 16.1. The van der Waals surface area contributed by atoms with Gasteiger partial charge in [0.25, 0.3) is 0 Å². The van der Waals surface area contributed by atoms with Crippen molar-refractivity contribution in [3.05, 3.63) is 70.5 Å². The fraction of sp³-hybridized carbons (Fsp3) is 0.333. The molecule has 0 spiro atoms. The lowest BCUT2D eigenvalue weighted by Gasteiger charge is -2.15. The second-order valence-corrected chi connectivity index (χ2v) is 8.18. The molecule has 0 amide bonds. The third-order valence-corrected chi connectivity index (χ3v) is 5.68. The third kappa shape index (κ3) is 5.05. The second-order valence-electron chi connectivity index (χ2n) is 6.80. The summed E-state index contributed by atoms with van der Waals surface area (Å²) in [6.07, 6.45) is -0.187. The molecule has 1 unspecified atom stereocenters. The van der Waals surface area contributed by atoms with Crippen LogP contribution in [0.1, 0.15) is 49.7 Å². The number of hydrogen-bond acceptors (Lipinski definition) is 4. The molecule has 0 aliphatic heterocycles. The molecule has 3 aromatic rings. The van der Waals surface area contributed by atoms with Crippen molar-refractivity contribution < 1.29 is 4.74 Å². The fourth-order valence-electron chi connectivity index (χ4n) is 2.77. The monoisotopic (exact) mass is 401 g/mol. The van der Waals surface area contributed by atoms with Crippen LogP contribution in [-0.2, 0) is 12.8 Å². The van der Waals surface area contributed by atoms with Crippen LogP contribution in [0.25, 0.3) is 0 Å². The van der Waals surface area contributed by atoms with Gasteiger partial charge in [-0.1, -0.05) is 61.5 Å². The van der Waals surface area contributed by atoms with Gasteiger partial charge in [-0.25, -0.2) is 0 Å². The van der Waals surface area contributed by atoms with Crippen LogP contribution in [0.15, 0.2) is 53.7 Å². The average Bonchev–Trinajstić information content (AvgIpc) is 3.01. The van der Waals surface area contributed by atoms with Crippen molar-refractivity contribution in [2.24, 2.45) is 7.05 Å². The van der Waals surface area contributed by atoms with Crippen molar-refractivity contribution >= 4 is 23.4 Å². The average molecular weight is 402 g/mol. The zero-order chi connectivity index (χ0) is 19.4. The number of halogens is 1. The Morgan fingerprint density at radius 1 is 1.07 bits per heavy atom. The Balaban J connectivity index is 1.65. The maximum atomic E-state index is 6.06. The van der Waals surface area contributed by atoms with E-state index < -0.39 is 0 Å². The van der Waals surface area contributed by atoms with E-state index in [0.29, 0.717) is 5.92 Å². The van der Waals surface area contributed by atoms with Gasteiger partial charge in [-0.05, 0) is 48.2 Å². The number of hydrogen-bond donors (Lipinski definition) is 0.